The van der Waals surface area contributed by atoms with E-state index >= 15 is 0 Å². The standard InChI is InChI=1S/C21H26N4O2.HI/c1-22-21(24(2)15-17-9-5-7-11-19(17)27-3)23-14-20(26)25-13-12-16-8-4-6-10-18(16)25;/h4-11H,12-15H2,1-3H3,(H,22,23);1H. The molecule has 0 aromatic heterocycles. The summed E-state index contributed by atoms with van der Waals surface area (Å²) in [7, 11) is 5.33. The van der Waals surface area contributed by atoms with Gasteiger partial charge in [-0.15, -0.1) is 24.0 Å². The van der Waals surface area contributed by atoms with Crippen LogP contribution < -0.4 is 15.0 Å². The highest BCUT2D eigenvalue weighted by molar-refractivity contribution is 14.0. The number of hydrogen-bond acceptors (Lipinski definition) is 3. The maximum Gasteiger partial charge on any atom is 0.246 e. The van der Waals surface area contributed by atoms with Crippen molar-refractivity contribution in [1.82, 2.24) is 10.2 Å². The summed E-state index contributed by atoms with van der Waals surface area (Å²) in [6, 6.07) is 16.0. The number of methoxy groups -OCH3 is 1. The molecule has 1 aliphatic heterocycles. The van der Waals surface area contributed by atoms with Gasteiger partial charge in [-0.05, 0) is 24.1 Å². The largest absolute Gasteiger partial charge is 0.496 e. The molecule has 1 aliphatic rings. The molecule has 0 aliphatic carbocycles. The molecule has 6 nitrogen and oxygen atoms in total. The van der Waals surface area contributed by atoms with Gasteiger partial charge in [-0.3, -0.25) is 9.79 Å². The minimum Gasteiger partial charge on any atom is -0.496 e. The number of rotatable bonds is 5. The first kappa shape index (κ1) is 22.0. The maximum absolute atomic E-state index is 12.7. The number of aliphatic imine (C=N–C) groups is 1. The van der Waals surface area contributed by atoms with Gasteiger partial charge in [0.1, 0.15) is 5.75 Å². The van der Waals surface area contributed by atoms with Crippen LogP contribution in [0.3, 0.4) is 0 Å². The lowest BCUT2D eigenvalue weighted by molar-refractivity contribution is -0.117. The molecule has 1 amide bonds. The third-order valence-electron chi connectivity index (χ3n) is 4.76. The van der Waals surface area contributed by atoms with Crippen LogP contribution in [0.5, 0.6) is 5.75 Å². The van der Waals surface area contributed by atoms with Crippen molar-refractivity contribution in [3.8, 4) is 5.75 Å². The van der Waals surface area contributed by atoms with Gasteiger partial charge in [0.15, 0.2) is 5.96 Å². The Hall–Kier alpha value is -2.29. The van der Waals surface area contributed by atoms with E-state index in [4.69, 9.17) is 4.74 Å². The number of nitrogens with zero attached hydrogens (tertiary/aromatic N) is 3. The summed E-state index contributed by atoms with van der Waals surface area (Å²) < 4.78 is 5.41. The van der Waals surface area contributed by atoms with Gasteiger partial charge >= 0.3 is 0 Å². The van der Waals surface area contributed by atoms with Crippen LogP contribution >= 0.6 is 24.0 Å². The van der Waals surface area contributed by atoms with E-state index in [1.807, 2.05) is 59.3 Å². The van der Waals surface area contributed by atoms with Crippen molar-refractivity contribution >= 4 is 41.5 Å². The zero-order chi connectivity index (χ0) is 19.2. The third-order valence-corrected chi connectivity index (χ3v) is 4.76. The molecule has 0 spiro atoms. The number of carbonyl (C=O) groups is 1. The number of carbonyl (C=O) groups excluding carboxylic acids is 1. The van der Waals surface area contributed by atoms with E-state index in [1.54, 1.807) is 14.2 Å². The van der Waals surface area contributed by atoms with E-state index in [1.165, 1.54) is 5.56 Å². The number of para-hydroxylation sites is 2. The summed E-state index contributed by atoms with van der Waals surface area (Å²) in [6.45, 7) is 1.57. The average Bonchev–Trinajstić information content (AvgIpc) is 3.13. The second-order valence-electron chi connectivity index (χ2n) is 6.49. The van der Waals surface area contributed by atoms with Gasteiger partial charge in [0, 0.05) is 38.4 Å². The highest BCUT2D eigenvalue weighted by Crippen LogP contribution is 2.27. The predicted molar refractivity (Wildman–Crippen MR) is 124 cm³/mol. The van der Waals surface area contributed by atoms with Crippen LogP contribution in [0.1, 0.15) is 11.1 Å². The number of halogens is 1. The van der Waals surface area contributed by atoms with Crippen molar-refractivity contribution in [2.75, 3.05) is 39.2 Å². The molecule has 3 rings (SSSR count). The first-order valence-electron chi connectivity index (χ1n) is 9.06. The number of guanidine groups is 1. The van der Waals surface area contributed by atoms with Gasteiger partial charge in [0.25, 0.3) is 0 Å². The van der Waals surface area contributed by atoms with Gasteiger partial charge in [-0.2, -0.15) is 0 Å². The molecular weight excluding hydrogens is 467 g/mol. The molecule has 0 fully saturated rings. The van der Waals surface area contributed by atoms with Crippen LogP contribution in [0, 0.1) is 0 Å². The Kier molecular flexibility index (Phi) is 8.10. The Labute approximate surface area is 183 Å². The molecule has 0 atom stereocenters. The summed E-state index contributed by atoms with van der Waals surface area (Å²) >= 11 is 0. The van der Waals surface area contributed by atoms with Crippen LogP contribution in [-0.4, -0.2) is 51.1 Å². The second-order valence-corrected chi connectivity index (χ2v) is 6.49. The number of fused-ring (bicyclic) bond motifs is 1. The summed E-state index contributed by atoms with van der Waals surface area (Å²) in [4.78, 5) is 20.8. The van der Waals surface area contributed by atoms with Crippen LogP contribution in [-0.2, 0) is 17.8 Å². The van der Waals surface area contributed by atoms with E-state index < -0.39 is 0 Å². The van der Waals surface area contributed by atoms with Crippen LogP contribution in [0.2, 0.25) is 0 Å². The average molecular weight is 494 g/mol. The second kappa shape index (κ2) is 10.3. The van der Waals surface area contributed by atoms with E-state index in [2.05, 4.69) is 16.4 Å². The lowest BCUT2D eigenvalue weighted by Gasteiger charge is -2.24. The lowest BCUT2D eigenvalue weighted by Crippen LogP contribution is -2.44. The van der Waals surface area contributed by atoms with Crippen LogP contribution in [0.15, 0.2) is 53.5 Å². The fourth-order valence-corrected chi connectivity index (χ4v) is 3.40. The Morgan fingerprint density at radius 1 is 1.21 bits per heavy atom. The Morgan fingerprint density at radius 3 is 2.68 bits per heavy atom. The number of anilines is 1. The first-order chi connectivity index (χ1) is 13.1. The number of benzene rings is 2. The molecule has 7 heteroatoms. The van der Waals surface area contributed by atoms with E-state index in [0.29, 0.717) is 12.5 Å². The van der Waals surface area contributed by atoms with Crippen molar-refractivity contribution in [3.63, 3.8) is 0 Å². The monoisotopic (exact) mass is 494 g/mol. The zero-order valence-electron chi connectivity index (χ0n) is 16.5. The summed E-state index contributed by atoms with van der Waals surface area (Å²) in [5.41, 5.74) is 3.30. The molecular formula is C21H27IN4O2. The minimum absolute atomic E-state index is 0. The highest BCUT2D eigenvalue weighted by atomic mass is 127. The molecule has 1 heterocycles. The van der Waals surface area contributed by atoms with Crippen LogP contribution in [0.25, 0.3) is 0 Å². The minimum atomic E-state index is 0. The molecule has 0 saturated heterocycles. The summed E-state index contributed by atoms with van der Waals surface area (Å²) in [6.07, 6.45) is 0.907. The Balaban J connectivity index is 0.00000280. The molecule has 0 saturated carbocycles. The Bertz CT molecular complexity index is 841. The Morgan fingerprint density at radius 2 is 1.93 bits per heavy atom. The van der Waals surface area contributed by atoms with Gasteiger partial charge in [0.2, 0.25) is 5.91 Å². The summed E-state index contributed by atoms with van der Waals surface area (Å²) in [5.74, 6) is 1.55. The van der Waals surface area contributed by atoms with Crippen molar-refractivity contribution in [2.24, 2.45) is 4.99 Å². The molecule has 2 aromatic rings. The van der Waals surface area contributed by atoms with Crippen molar-refractivity contribution in [3.05, 3.63) is 59.7 Å². The molecule has 0 radical (unpaired) electrons. The van der Waals surface area contributed by atoms with E-state index in [-0.39, 0.29) is 36.4 Å². The molecule has 28 heavy (non-hydrogen) atoms. The number of amides is 1. The number of hydrogen-bond donors (Lipinski definition) is 1. The quantitative estimate of drug-likeness (QED) is 0.395. The van der Waals surface area contributed by atoms with Crippen molar-refractivity contribution in [2.45, 2.75) is 13.0 Å². The van der Waals surface area contributed by atoms with Gasteiger partial charge in [0.05, 0.1) is 13.7 Å². The lowest BCUT2D eigenvalue weighted by atomic mass is 10.2. The molecule has 150 valence electrons. The van der Waals surface area contributed by atoms with Crippen molar-refractivity contribution in [1.29, 1.82) is 0 Å². The molecule has 0 bridgehead atoms. The molecule has 2 aromatic carbocycles. The van der Waals surface area contributed by atoms with E-state index in [0.717, 1.165) is 30.0 Å². The van der Waals surface area contributed by atoms with Gasteiger partial charge < -0.3 is 19.9 Å². The number of nitrogens with one attached hydrogen (secondary N) is 1. The number of ether oxygens (including phenoxy) is 1. The van der Waals surface area contributed by atoms with Crippen LogP contribution in [0.4, 0.5) is 5.69 Å². The van der Waals surface area contributed by atoms with Gasteiger partial charge in [-0.1, -0.05) is 36.4 Å². The molecule has 0 unspecified atom stereocenters. The topological polar surface area (TPSA) is 57.2 Å². The fourth-order valence-electron chi connectivity index (χ4n) is 3.40. The zero-order valence-corrected chi connectivity index (χ0v) is 18.8. The molecule has 1 N–H and O–H groups in total. The first-order valence-corrected chi connectivity index (χ1v) is 9.06. The maximum atomic E-state index is 12.7. The highest BCUT2D eigenvalue weighted by Gasteiger charge is 2.24. The normalized spacial score (nSPS) is 12.8. The SMILES string of the molecule is CN=C(NCC(=O)N1CCc2ccccc21)N(C)Cc1ccccc1OC.I. The van der Waals surface area contributed by atoms with Crippen molar-refractivity contribution < 1.29 is 9.53 Å². The smallest absolute Gasteiger partial charge is 0.246 e. The summed E-state index contributed by atoms with van der Waals surface area (Å²) in [5, 5.41) is 3.18. The predicted octanol–water partition coefficient (Wildman–Crippen LogP) is 2.91. The fraction of sp³-hybridized carbons (Fsp3) is 0.333. The van der Waals surface area contributed by atoms with E-state index in [9.17, 15) is 4.79 Å². The van der Waals surface area contributed by atoms with Gasteiger partial charge in [-0.25, -0.2) is 0 Å². The third kappa shape index (κ3) is 4.95.